The molecule has 0 bridgehead atoms. The summed E-state index contributed by atoms with van der Waals surface area (Å²) in [6.07, 6.45) is -0.00334. The molecule has 0 saturated heterocycles. The van der Waals surface area contributed by atoms with Gasteiger partial charge in [0, 0.05) is 25.4 Å². The van der Waals surface area contributed by atoms with Gasteiger partial charge in [-0.05, 0) is 0 Å². The predicted molar refractivity (Wildman–Crippen MR) is 59.1 cm³/mol. The van der Waals surface area contributed by atoms with Gasteiger partial charge in [0.15, 0.2) is 0 Å². The Morgan fingerprint density at radius 1 is 1.26 bits per heavy atom. The molecule has 0 aliphatic rings. The number of carbonyl (C=O) groups excluding carboxylic acids is 1. The molecule has 0 spiro atoms. The number of sulfonamides is 1. The summed E-state index contributed by atoms with van der Waals surface area (Å²) in [5.41, 5.74) is -5.31. The first-order valence-corrected chi connectivity index (χ1v) is 6.93. The molecule has 0 unspecified atom stereocenters. The maximum atomic E-state index is 12.0. The van der Waals surface area contributed by atoms with E-state index in [-0.39, 0.29) is 30.4 Å². The van der Waals surface area contributed by atoms with Crippen molar-refractivity contribution >= 4 is 16.0 Å². The Labute approximate surface area is 109 Å². The summed E-state index contributed by atoms with van der Waals surface area (Å²) < 4.78 is 59.0. The number of carboxylic acid groups (broad SMARTS) is 1. The molecule has 0 aliphatic carbocycles. The van der Waals surface area contributed by atoms with Crippen LogP contribution >= 0.6 is 0 Å². The first kappa shape index (κ1) is 18.1. The molecular formula is C9H17F3N2O4S. The molecule has 0 heterocycles. The van der Waals surface area contributed by atoms with Crippen LogP contribution in [0, 0.1) is 0 Å². The number of aliphatic carboxylic acids is 1. The number of carboxylic acids is 1. The normalized spacial score (nSPS) is 13.5. The minimum Gasteiger partial charge on any atom is -0.550 e. The standard InChI is InChI=1S/C9H17F3N2O4S/c1-14(2,7-4-8(15)16)6-3-5-13-19(17,18)9(10,11)12/h13H,3-7H2,1-2H3. The number of carbonyl (C=O) groups is 1. The third kappa shape index (κ3) is 7.33. The van der Waals surface area contributed by atoms with Crippen molar-refractivity contribution in [2.24, 2.45) is 0 Å². The highest BCUT2D eigenvalue weighted by Gasteiger charge is 2.45. The minimum atomic E-state index is -5.31. The zero-order chi connectivity index (χ0) is 15.3. The topological polar surface area (TPSA) is 86.3 Å². The Bertz CT molecular complexity index is 406. The second kappa shape index (κ2) is 6.53. The summed E-state index contributed by atoms with van der Waals surface area (Å²) in [5, 5.41) is 10.3. The van der Waals surface area contributed by atoms with E-state index >= 15 is 0 Å². The van der Waals surface area contributed by atoms with Crippen LogP contribution in [0.4, 0.5) is 13.2 Å². The van der Waals surface area contributed by atoms with Gasteiger partial charge >= 0.3 is 15.5 Å². The minimum absolute atomic E-state index is 0.162. The van der Waals surface area contributed by atoms with Gasteiger partial charge in [0.2, 0.25) is 0 Å². The van der Waals surface area contributed by atoms with Gasteiger partial charge in [-0.1, -0.05) is 0 Å². The van der Waals surface area contributed by atoms with Crippen molar-refractivity contribution in [1.29, 1.82) is 0 Å². The van der Waals surface area contributed by atoms with Crippen LogP contribution in [-0.4, -0.2) is 58.1 Å². The van der Waals surface area contributed by atoms with E-state index in [2.05, 4.69) is 0 Å². The molecule has 0 amide bonds. The molecule has 114 valence electrons. The molecule has 0 aromatic rings. The van der Waals surface area contributed by atoms with E-state index in [1.54, 1.807) is 14.1 Å². The fourth-order valence-corrected chi connectivity index (χ4v) is 1.88. The lowest BCUT2D eigenvalue weighted by molar-refractivity contribution is -0.890. The van der Waals surface area contributed by atoms with E-state index in [1.807, 2.05) is 0 Å². The van der Waals surface area contributed by atoms with Gasteiger partial charge < -0.3 is 14.4 Å². The monoisotopic (exact) mass is 306 g/mol. The largest absolute Gasteiger partial charge is 0.550 e. The number of rotatable bonds is 8. The zero-order valence-corrected chi connectivity index (χ0v) is 11.5. The van der Waals surface area contributed by atoms with E-state index < -0.39 is 21.5 Å². The molecule has 0 radical (unpaired) electrons. The van der Waals surface area contributed by atoms with Gasteiger partial charge in [-0.3, -0.25) is 0 Å². The van der Waals surface area contributed by atoms with Crippen LogP contribution in [-0.2, 0) is 14.8 Å². The molecule has 10 heteroatoms. The van der Waals surface area contributed by atoms with Crippen molar-refractivity contribution in [3.05, 3.63) is 0 Å². The van der Waals surface area contributed by atoms with Crippen molar-refractivity contribution in [3.63, 3.8) is 0 Å². The Morgan fingerprint density at radius 3 is 2.21 bits per heavy atom. The molecule has 0 aliphatic heterocycles. The fraction of sp³-hybridized carbons (Fsp3) is 0.889. The van der Waals surface area contributed by atoms with E-state index in [1.165, 1.54) is 4.72 Å². The first-order chi connectivity index (χ1) is 8.37. The number of alkyl halides is 3. The smallest absolute Gasteiger partial charge is 0.511 e. The molecule has 0 aromatic carbocycles. The van der Waals surface area contributed by atoms with Gasteiger partial charge in [-0.2, -0.15) is 13.2 Å². The lowest BCUT2D eigenvalue weighted by atomic mass is 10.3. The molecule has 6 nitrogen and oxygen atoms in total. The maximum absolute atomic E-state index is 12.0. The summed E-state index contributed by atoms with van der Waals surface area (Å²) in [6.45, 7) is 0.247. The van der Waals surface area contributed by atoms with Crippen LogP contribution in [0.15, 0.2) is 0 Å². The number of quaternary nitrogens is 1. The number of nitrogens with one attached hydrogen (secondary N) is 1. The number of nitrogens with zero attached hydrogens (tertiary/aromatic N) is 1. The highest BCUT2D eigenvalue weighted by atomic mass is 32.2. The lowest BCUT2D eigenvalue weighted by Gasteiger charge is -2.30. The Morgan fingerprint density at radius 2 is 1.79 bits per heavy atom. The molecule has 0 atom stereocenters. The molecule has 0 aromatic heterocycles. The molecule has 19 heavy (non-hydrogen) atoms. The second-order valence-electron chi connectivity index (χ2n) is 4.70. The molecule has 0 rings (SSSR count). The summed E-state index contributed by atoms with van der Waals surface area (Å²) in [5.74, 6) is -1.20. The predicted octanol–water partition coefficient (Wildman–Crippen LogP) is -0.968. The number of hydrogen-bond acceptors (Lipinski definition) is 4. The molecule has 1 N–H and O–H groups in total. The van der Waals surface area contributed by atoms with E-state index in [0.717, 1.165) is 0 Å². The highest BCUT2D eigenvalue weighted by Crippen LogP contribution is 2.21. The highest BCUT2D eigenvalue weighted by molar-refractivity contribution is 7.90. The van der Waals surface area contributed by atoms with Gasteiger partial charge in [-0.15, -0.1) is 0 Å². The number of halogens is 3. The van der Waals surface area contributed by atoms with Gasteiger partial charge in [0.05, 0.1) is 27.2 Å². The van der Waals surface area contributed by atoms with Crippen LogP contribution in [0.1, 0.15) is 12.8 Å². The molecule has 0 fully saturated rings. The summed E-state index contributed by atoms with van der Waals surface area (Å²) >= 11 is 0. The quantitative estimate of drug-likeness (QED) is 0.462. The van der Waals surface area contributed by atoms with Gasteiger partial charge in [-0.25, -0.2) is 13.1 Å². The van der Waals surface area contributed by atoms with Crippen molar-refractivity contribution < 1.29 is 36.0 Å². The summed E-state index contributed by atoms with van der Waals surface area (Å²) in [4.78, 5) is 10.3. The summed E-state index contributed by atoms with van der Waals surface area (Å²) in [7, 11) is -1.91. The van der Waals surface area contributed by atoms with Crippen molar-refractivity contribution in [1.82, 2.24) is 4.72 Å². The van der Waals surface area contributed by atoms with Crippen molar-refractivity contribution in [2.45, 2.75) is 18.3 Å². The van der Waals surface area contributed by atoms with Gasteiger partial charge in [0.1, 0.15) is 0 Å². The van der Waals surface area contributed by atoms with Crippen LogP contribution in [0.3, 0.4) is 0 Å². The Balaban J connectivity index is 4.08. The third-order valence-corrected chi connectivity index (χ3v) is 3.65. The van der Waals surface area contributed by atoms with Crippen molar-refractivity contribution in [3.8, 4) is 0 Å². The van der Waals surface area contributed by atoms with Crippen LogP contribution in [0.25, 0.3) is 0 Å². The van der Waals surface area contributed by atoms with Gasteiger partial charge in [0.25, 0.3) is 0 Å². The molecular weight excluding hydrogens is 289 g/mol. The average Bonchev–Trinajstić information content (AvgIpc) is 2.20. The van der Waals surface area contributed by atoms with E-state index in [4.69, 9.17) is 0 Å². The Hall–Kier alpha value is -0.870. The first-order valence-electron chi connectivity index (χ1n) is 5.45. The number of hydrogen-bond donors (Lipinski definition) is 1. The maximum Gasteiger partial charge on any atom is 0.511 e. The van der Waals surface area contributed by atoms with Crippen LogP contribution in [0.2, 0.25) is 0 Å². The second-order valence-corrected chi connectivity index (χ2v) is 6.46. The third-order valence-electron chi connectivity index (χ3n) is 2.46. The van der Waals surface area contributed by atoms with Crippen molar-refractivity contribution in [2.75, 3.05) is 33.7 Å². The lowest BCUT2D eigenvalue weighted by Crippen LogP contribution is -2.45. The SMILES string of the molecule is C[N+](C)(CCCNS(=O)(=O)C(F)(F)F)CCC(=O)[O-]. The molecule has 0 saturated carbocycles. The van der Waals surface area contributed by atoms with Crippen LogP contribution in [0.5, 0.6) is 0 Å². The van der Waals surface area contributed by atoms with E-state index in [9.17, 15) is 31.5 Å². The average molecular weight is 306 g/mol. The fourth-order valence-electron chi connectivity index (χ4n) is 1.30. The zero-order valence-electron chi connectivity index (χ0n) is 10.7. The van der Waals surface area contributed by atoms with Crippen LogP contribution < -0.4 is 9.83 Å². The van der Waals surface area contributed by atoms with E-state index in [0.29, 0.717) is 6.54 Å². The summed E-state index contributed by atoms with van der Waals surface area (Å²) in [6, 6.07) is 0. The Kier molecular flexibility index (Phi) is 6.23.